The summed E-state index contributed by atoms with van der Waals surface area (Å²) in [4.78, 5) is 17.3. The fraction of sp³-hybridized carbons (Fsp3) is 0. The molecule has 4 rings (SSSR count). The summed E-state index contributed by atoms with van der Waals surface area (Å²) in [6.45, 7) is 0. The molecule has 0 bridgehead atoms. The molecular weight excluding hydrogens is 416 g/mol. The number of hydrogen-bond donors (Lipinski definition) is 2. The van der Waals surface area contributed by atoms with Crippen molar-refractivity contribution in [1.29, 1.82) is 0 Å². The fourth-order valence-corrected chi connectivity index (χ4v) is 3.76. The molecule has 7 heteroatoms. The second kappa shape index (κ2) is 9.35. The Morgan fingerprint density at radius 3 is 2.33 bits per heavy atom. The van der Waals surface area contributed by atoms with Gasteiger partial charge in [0.25, 0.3) is 5.91 Å². The summed E-state index contributed by atoms with van der Waals surface area (Å²) in [7, 11) is 0. The molecule has 0 unspecified atom stereocenters. The first-order valence-electron chi connectivity index (χ1n) is 9.17. The number of carbonyl (C=O) groups excluding carboxylic acids is 1. The Balaban J connectivity index is 1.59. The van der Waals surface area contributed by atoms with Crippen LogP contribution >= 0.6 is 22.9 Å². The molecule has 0 spiro atoms. The number of rotatable bonds is 6. The van der Waals surface area contributed by atoms with E-state index in [-0.39, 0.29) is 5.91 Å². The number of benzene rings is 3. The van der Waals surface area contributed by atoms with E-state index in [4.69, 9.17) is 11.6 Å². The third-order valence-corrected chi connectivity index (χ3v) is 5.43. The first-order chi connectivity index (χ1) is 14.7. The molecule has 0 saturated heterocycles. The SMILES string of the molecule is O=C(Nc1sc(N/N=C/c2ccccc2Cl)nc1-c1ccccc1)c1ccccc1. The van der Waals surface area contributed by atoms with Gasteiger partial charge in [-0.05, 0) is 18.2 Å². The highest BCUT2D eigenvalue weighted by Crippen LogP contribution is 2.36. The third kappa shape index (κ3) is 4.74. The Morgan fingerprint density at radius 2 is 1.60 bits per heavy atom. The molecule has 0 atom stereocenters. The van der Waals surface area contributed by atoms with E-state index >= 15 is 0 Å². The molecule has 4 aromatic rings. The minimum Gasteiger partial charge on any atom is -0.312 e. The van der Waals surface area contributed by atoms with E-state index in [9.17, 15) is 4.79 Å². The van der Waals surface area contributed by atoms with Crippen molar-refractivity contribution in [2.45, 2.75) is 0 Å². The first-order valence-corrected chi connectivity index (χ1v) is 10.4. The van der Waals surface area contributed by atoms with Crippen LogP contribution in [-0.2, 0) is 0 Å². The lowest BCUT2D eigenvalue weighted by Crippen LogP contribution is -2.11. The van der Waals surface area contributed by atoms with E-state index in [1.54, 1.807) is 24.4 Å². The molecule has 2 N–H and O–H groups in total. The number of halogens is 1. The van der Waals surface area contributed by atoms with Crippen LogP contribution in [0.25, 0.3) is 11.3 Å². The molecule has 30 heavy (non-hydrogen) atoms. The van der Waals surface area contributed by atoms with Crippen molar-refractivity contribution in [1.82, 2.24) is 4.98 Å². The maximum Gasteiger partial charge on any atom is 0.256 e. The van der Waals surface area contributed by atoms with Crippen molar-refractivity contribution in [3.63, 3.8) is 0 Å². The van der Waals surface area contributed by atoms with Gasteiger partial charge in [0.2, 0.25) is 5.13 Å². The average molecular weight is 433 g/mol. The lowest BCUT2D eigenvalue weighted by atomic mass is 10.1. The van der Waals surface area contributed by atoms with Crippen LogP contribution in [0.2, 0.25) is 5.02 Å². The lowest BCUT2D eigenvalue weighted by Gasteiger charge is -2.05. The van der Waals surface area contributed by atoms with Gasteiger partial charge in [0, 0.05) is 21.7 Å². The highest BCUT2D eigenvalue weighted by atomic mass is 35.5. The first kappa shape index (κ1) is 19.8. The maximum absolute atomic E-state index is 12.6. The van der Waals surface area contributed by atoms with Gasteiger partial charge in [0.1, 0.15) is 10.7 Å². The number of nitrogens with one attached hydrogen (secondary N) is 2. The van der Waals surface area contributed by atoms with Gasteiger partial charge in [-0.15, -0.1) is 0 Å². The predicted molar refractivity (Wildman–Crippen MR) is 125 cm³/mol. The van der Waals surface area contributed by atoms with Crippen LogP contribution in [0, 0.1) is 0 Å². The van der Waals surface area contributed by atoms with Crippen LogP contribution in [0.5, 0.6) is 0 Å². The minimum atomic E-state index is -0.192. The second-order valence-electron chi connectivity index (χ2n) is 6.27. The zero-order chi connectivity index (χ0) is 20.8. The third-order valence-electron chi connectivity index (χ3n) is 4.21. The minimum absolute atomic E-state index is 0.192. The van der Waals surface area contributed by atoms with E-state index in [0.717, 1.165) is 11.1 Å². The smallest absolute Gasteiger partial charge is 0.256 e. The molecule has 0 fully saturated rings. The summed E-state index contributed by atoms with van der Waals surface area (Å²) < 4.78 is 0. The van der Waals surface area contributed by atoms with E-state index in [1.807, 2.05) is 66.7 Å². The summed E-state index contributed by atoms with van der Waals surface area (Å²) in [5, 5.41) is 9.01. The molecule has 0 aliphatic carbocycles. The van der Waals surface area contributed by atoms with Crippen LogP contribution in [0.1, 0.15) is 15.9 Å². The largest absolute Gasteiger partial charge is 0.312 e. The second-order valence-corrected chi connectivity index (χ2v) is 7.68. The fourth-order valence-electron chi connectivity index (χ4n) is 2.75. The number of carbonyl (C=O) groups is 1. The Bertz CT molecular complexity index is 1180. The van der Waals surface area contributed by atoms with Gasteiger partial charge in [-0.25, -0.2) is 4.98 Å². The van der Waals surface area contributed by atoms with Crippen molar-refractivity contribution in [3.8, 4) is 11.3 Å². The van der Waals surface area contributed by atoms with Gasteiger partial charge < -0.3 is 5.32 Å². The summed E-state index contributed by atoms with van der Waals surface area (Å²) >= 11 is 7.47. The van der Waals surface area contributed by atoms with Crippen molar-refractivity contribution in [2.75, 3.05) is 10.7 Å². The Hall–Kier alpha value is -3.48. The number of hydrazone groups is 1. The number of hydrogen-bond acceptors (Lipinski definition) is 5. The molecule has 1 heterocycles. The molecule has 1 amide bonds. The van der Waals surface area contributed by atoms with E-state index < -0.39 is 0 Å². The van der Waals surface area contributed by atoms with Gasteiger partial charge in [-0.3, -0.25) is 10.2 Å². The predicted octanol–water partition coefficient (Wildman–Crippen LogP) is 6.16. The highest BCUT2D eigenvalue weighted by Gasteiger charge is 2.16. The number of amides is 1. The van der Waals surface area contributed by atoms with Crippen molar-refractivity contribution < 1.29 is 4.79 Å². The number of anilines is 2. The molecule has 0 radical (unpaired) electrons. The van der Waals surface area contributed by atoms with Crippen LogP contribution in [0.4, 0.5) is 10.1 Å². The summed E-state index contributed by atoms with van der Waals surface area (Å²) in [5.41, 5.74) is 5.89. The number of nitrogens with zero attached hydrogens (tertiary/aromatic N) is 2. The molecule has 148 valence electrons. The molecule has 0 aliphatic heterocycles. The highest BCUT2D eigenvalue weighted by molar-refractivity contribution is 7.20. The molecule has 5 nitrogen and oxygen atoms in total. The Labute approximate surface area is 183 Å². The molecule has 0 aliphatic rings. The van der Waals surface area contributed by atoms with Gasteiger partial charge in [-0.1, -0.05) is 89.7 Å². The van der Waals surface area contributed by atoms with Crippen LogP contribution in [-0.4, -0.2) is 17.1 Å². The number of thiazole rings is 1. The topological polar surface area (TPSA) is 66.4 Å². The molecular formula is C23H17ClN4OS. The average Bonchev–Trinajstić information content (AvgIpc) is 3.19. The Morgan fingerprint density at radius 1 is 0.933 bits per heavy atom. The van der Waals surface area contributed by atoms with Gasteiger partial charge in [-0.2, -0.15) is 5.10 Å². The zero-order valence-electron chi connectivity index (χ0n) is 15.7. The van der Waals surface area contributed by atoms with Gasteiger partial charge >= 0.3 is 0 Å². The molecule has 3 aromatic carbocycles. The normalized spacial score (nSPS) is 10.8. The van der Waals surface area contributed by atoms with Crippen LogP contribution < -0.4 is 10.7 Å². The molecule has 0 saturated carbocycles. The summed E-state index contributed by atoms with van der Waals surface area (Å²) in [5.74, 6) is -0.192. The van der Waals surface area contributed by atoms with E-state index in [2.05, 4.69) is 20.8 Å². The van der Waals surface area contributed by atoms with E-state index in [1.165, 1.54) is 11.3 Å². The summed E-state index contributed by atoms with van der Waals surface area (Å²) in [6.07, 6.45) is 1.63. The number of aromatic nitrogens is 1. The van der Waals surface area contributed by atoms with Crippen molar-refractivity contribution in [3.05, 3.63) is 101 Å². The van der Waals surface area contributed by atoms with E-state index in [0.29, 0.717) is 26.4 Å². The van der Waals surface area contributed by atoms with Gasteiger partial charge in [0.15, 0.2) is 0 Å². The lowest BCUT2D eigenvalue weighted by molar-refractivity contribution is 0.102. The molecule has 1 aromatic heterocycles. The van der Waals surface area contributed by atoms with Crippen molar-refractivity contribution in [2.24, 2.45) is 5.10 Å². The monoisotopic (exact) mass is 432 g/mol. The maximum atomic E-state index is 12.6. The standard InChI is InChI=1S/C23H17ClN4OS/c24-19-14-8-7-13-18(19)15-25-28-23-26-20(16-9-3-1-4-10-16)22(30-23)27-21(29)17-11-5-2-6-12-17/h1-15H,(H,26,28)(H,27,29)/b25-15+. The van der Waals surface area contributed by atoms with Crippen LogP contribution in [0.3, 0.4) is 0 Å². The van der Waals surface area contributed by atoms with Gasteiger partial charge in [0.05, 0.1) is 6.21 Å². The quantitative estimate of drug-likeness (QED) is 0.283. The van der Waals surface area contributed by atoms with Crippen molar-refractivity contribution >= 4 is 45.2 Å². The summed E-state index contributed by atoms with van der Waals surface area (Å²) in [6, 6.07) is 26.2. The zero-order valence-corrected chi connectivity index (χ0v) is 17.3. The van der Waals surface area contributed by atoms with Crippen LogP contribution in [0.15, 0.2) is 90.0 Å². The Kier molecular flexibility index (Phi) is 6.17.